The summed E-state index contributed by atoms with van der Waals surface area (Å²) in [6.07, 6.45) is -5.72. The molecule has 2 N–H and O–H groups in total. The molecular formula is C18H13ClF3N3O5. The van der Waals surface area contributed by atoms with E-state index < -0.39 is 53.7 Å². The number of rotatable bonds is 5. The van der Waals surface area contributed by atoms with Gasteiger partial charge in [0.05, 0.1) is 22.7 Å². The molecule has 0 unspecified atom stereocenters. The Morgan fingerprint density at radius 1 is 1.30 bits per heavy atom. The van der Waals surface area contributed by atoms with E-state index in [4.69, 9.17) is 21.1 Å². The minimum Gasteiger partial charge on any atom is -0.478 e. The lowest BCUT2D eigenvalue weighted by atomic mass is 10.1. The summed E-state index contributed by atoms with van der Waals surface area (Å²) in [4.78, 5) is 39.2. The van der Waals surface area contributed by atoms with E-state index >= 15 is 0 Å². The van der Waals surface area contributed by atoms with E-state index in [0.29, 0.717) is 23.7 Å². The van der Waals surface area contributed by atoms with Gasteiger partial charge in [-0.15, -0.1) is 0 Å². The Morgan fingerprint density at radius 3 is 2.73 bits per heavy atom. The van der Waals surface area contributed by atoms with Gasteiger partial charge in [-0.3, -0.25) is 14.4 Å². The largest absolute Gasteiger partial charge is 0.478 e. The van der Waals surface area contributed by atoms with Crippen molar-refractivity contribution in [3.8, 4) is 5.75 Å². The van der Waals surface area contributed by atoms with Crippen molar-refractivity contribution in [1.29, 1.82) is 0 Å². The van der Waals surface area contributed by atoms with Gasteiger partial charge < -0.3 is 20.1 Å². The number of nitrogens with zero attached hydrogens (tertiary/aromatic N) is 1. The number of carbonyl (C=O) groups is 3. The third-order valence-corrected chi connectivity index (χ3v) is 4.14. The predicted octanol–water partition coefficient (Wildman–Crippen LogP) is 3.03. The fraction of sp³-hybridized carbons (Fsp3) is 0.222. The normalized spacial score (nSPS) is 15.5. The second kappa shape index (κ2) is 8.57. The summed E-state index contributed by atoms with van der Waals surface area (Å²) in [6, 6.07) is 7.24. The SMILES string of the molecule is O=C(COC(=O)C[C@@H]1Oc2ccccc2NC1=O)Nc1ncc(C(F)(F)F)cc1Cl. The van der Waals surface area contributed by atoms with Gasteiger partial charge in [0.15, 0.2) is 18.5 Å². The number of nitrogens with one attached hydrogen (secondary N) is 2. The molecule has 8 nitrogen and oxygen atoms in total. The van der Waals surface area contributed by atoms with Crippen molar-refractivity contribution in [3.63, 3.8) is 0 Å². The number of esters is 1. The summed E-state index contributed by atoms with van der Waals surface area (Å²) in [7, 11) is 0. The van der Waals surface area contributed by atoms with Gasteiger partial charge in [0.2, 0.25) is 0 Å². The molecule has 2 aromatic rings. The molecular weight excluding hydrogens is 431 g/mol. The van der Waals surface area contributed by atoms with E-state index in [9.17, 15) is 27.6 Å². The number of alkyl halides is 3. The van der Waals surface area contributed by atoms with Crippen molar-refractivity contribution in [2.24, 2.45) is 0 Å². The Kier molecular flexibility index (Phi) is 6.11. The number of amides is 2. The summed E-state index contributed by atoms with van der Waals surface area (Å²) in [6.45, 7) is -0.761. The van der Waals surface area contributed by atoms with E-state index in [1.165, 1.54) is 0 Å². The molecule has 12 heteroatoms. The molecule has 158 valence electrons. The number of fused-ring (bicyclic) bond motifs is 1. The van der Waals surface area contributed by atoms with Crippen molar-refractivity contribution in [3.05, 3.63) is 47.1 Å². The van der Waals surface area contributed by atoms with E-state index in [1.807, 2.05) is 0 Å². The highest BCUT2D eigenvalue weighted by Gasteiger charge is 2.32. The molecule has 0 aliphatic carbocycles. The molecule has 0 fully saturated rings. The molecule has 0 radical (unpaired) electrons. The van der Waals surface area contributed by atoms with Gasteiger partial charge in [-0.25, -0.2) is 4.98 Å². The average Bonchev–Trinajstić information content (AvgIpc) is 2.68. The van der Waals surface area contributed by atoms with Crippen molar-refractivity contribution >= 4 is 40.9 Å². The van der Waals surface area contributed by atoms with Crippen molar-refractivity contribution in [2.75, 3.05) is 17.2 Å². The van der Waals surface area contributed by atoms with Gasteiger partial charge in [0, 0.05) is 6.20 Å². The highest BCUT2D eigenvalue weighted by atomic mass is 35.5. The van der Waals surface area contributed by atoms with Gasteiger partial charge in [-0.05, 0) is 18.2 Å². The van der Waals surface area contributed by atoms with Crippen LogP contribution in [0.25, 0.3) is 0 Å². The number of hydrogen-bond donors (Lipinski definition) is 2. The van der Waals surface area contributed by atoms with E-state index in [0.717, 1.165) is 0 Å². The van der Waals surface area contributed by atoms with Gasteiger partial charge >= 0.3 is 12.1 Å². The quantitative estimate of drug-likeness (QED) is 0.688. The highest BCUT2D eigenvalue weighted by Crippen LogP contribution is 2.32. The van der Waals surface area contributed by atoms with Gasteiger partial charge in [0.25, 0.3) is 11.8 Å². The fourth-order valence-electron chi connectivity index (χ4n) is 2.44. The van der Waals surface area contributed by atoms with Crippen LogP contribution in [-0.4, -0.2) is 35.5 Å². The van der Waals surface area contributed by atoms with Crippen molar-refractivity contribution < 1.29 is 37.0 Å². The number of ether oxygens (including phenoxy) is 2. The lowest BCUT2D eigenvalue weighted by Gasteiger charge is -2.25. The Hall–Kier alpha value is -3.34. The molecule has 3 rings (SSSR count). The number of aromatic nitrogens is 1. The van der Waals surface area contributed by atoms with Crippen LogP contribution in [0.3, 0.4) is 0 Å². The summed E-state index contributed by atoms with van der Waals surface area (Å²) in [5, 5.41) is 4.28. The number of halogens is 4. The minimum atomic E-state index is -4.64. The fourth-order valence-corrected chi connectivity index (χ4v) is 2.65. The third kappa shape index (κ3) is 5.17. The second-order valence-corrected chi connectivity index (χ2v) is 6.46. The van der Waals surface area contributed by atoms with Crippen LogP contribution in [0.15, 0.2) is 36.5 Å². The molecule has 30 heavy (non-hydrogen) atoms. The number of pyridine rings is 1. The third-order valence-electron chi connectivity index (χ3n) is 3.85. The zero-order valence-electron chi connectivity index (χ0n) is 15.0. The monoisotopic (exact) mass is 443 g/mol. The maximum atomic E-state index is 12.6. The zero-order chi connectivity index (χ0) is 21.9. The molecule has 1 aromatic carbocycles. The maximum absolute atomic E-state index is 12.6. The van der Waals surface area contributed by atoms with Crippen LogP contribution in [-0.2, 0) is 25.3 Å². The predicted molar refractivity (Wildman–Crippen MR) is 97.9 cm³/mol. The highest BCUT2D eigenvalue weighted by molar-refractivity contribution is 6.33. The first-order valence-corrected chi connectivity index (χ1v) is 8.76. The Labute approximate surface area is 172 Å². The lowest BCUT2D eigenvalue weighted by molar-refractivity contribution is -0.150. The number of para-hydroxylation sites is 2. The smallest absolute Gasteiger partial charge is 0.417 e. The first kappa shape index (κ1) is 21.4. The second-order valence-electron chi connectivity index (χ2n) is 6.06. The molecule has 2 amide bonds. The standard InChI is InChI=1S/C18H13ClF3N3O5/c19-10-5-9(18(20,21)22)7-23-16(10)25-14(26)8-29-15(27)6-13-17(28)24-11-3-1-2-4-12(11)30-13/h1-5,7,13H,6,8H2,(H,24,28)(H,23,25,26)/t13-/m0/s1. The van der Waals surface area contributed by atoms with Gasteiger partial charge in [-0.1, -0.05) is 23.7 Å². The zero-order valence-corrected chi connectivity index (χ0v) is 15.7. The molecule has 2 heterocycles. The summed E-state index contributed by atoms with van der Waals surface area (Å²) < 4.78 is 48.0. The molecule has 1 aromatic heterocycles. The Bertz CT molecular complexity index is 999. The summed E-state index contributed by atoms with van der Waals surface area (Å²) >= 11 is 5.68. The van der Waals surface area contributed by atoms with E-state index in [-0.39, 0.29) is 5.82 Å². The summed E-state index contributed by atoms with van der Waals surface area (Å²) in [5.41, 5.74) is -0.614. The Balaban J connectivity index is 1.50. The van der Waals surface area contributed by atoms with Crippen LogP contribution in [0.4, 0.5) is 24.7 Å². The molecule has 0 bridgehead atoms. The first-order valence-electron chi connectivity index (χ1n) is 8.38. The van der Waals surface area contributed by atoms with Crippen LogP contribution in [0.1, 0.15) is 12.0 Å². The number of carbonyl (C=O) groups excluding carboxylic acids is 3. The van der Waals surface area contributed by atoms with E-state index in [2.05, 4.69) is 15.6 Å². The molecule has 1 atom stereocenters. The molecule has 1 aliphatic rings. The minimum absolute atomic E-state index is 0.322. The summed E-state index contributed by atoms with van der Waals surface area (Å²) in [5.74, 6) is -2.25. The number of hydrogen-bond acceptors (Lipinski definition) is 6. The first-order chi connectivity index (χ1) is 14.1. The maximum Gasteiger partial charge on any atom is 0.417 e. The van der Waals surface area contributed by atoms with Crippen LogP contribution < -0.4 is 15.4 Å². The number of anilines is 2. The van der Waals surface area contributed by atoms with Crippen LogP contribution in [0, 0.1) is 0 Å². The topological polar surface area (TPSA) is 107 Å². The van der Waals surface area contributed by atoms with Gasteiger partial charge in [0.1, 0.15) is 5.75 Å². The molecule has 0 saturated carbocycles. The van der Waals surface area contributed by atoms with Crippen LogP contribution >= 0.6 is 11.6 Å². The molecule has 0 saturated heterocycles. The van der Waals surface area contributed by atoms with Crippen molar-refractivity contribution in [2.45, 2.75) is 18.7 Å². The van der Waals surface area contributed by atoms with Gasteiger partial charge in [-0.2, -0.15) is 13.2 Å². The van der Waals surface area contributed by atoms with E-state index in [1.54, 1.807) is 24.3 Å². The van der Waals surface area contributed by atoms with Crippen LogP contribution in [0.5, 0.6) is 5.75 Å². The molecule has 1 aliphatic heterocycles. The lowest BCUT2D eigenvalue weighted by Crippen LogP contribution is -2.39. The van der Waals surface area contributed by atoms with Crippen molar-refractivity contribution in [1.82, 2.24) is 4.98 Å². The van der Waals surface area contributed by atoms with Crippen LogP contribution in [0.2, 0.25) is 5.02 Å². The average molecular weight is 444 g/mol. The Morgan fingerprint density at radius 2 is 2.03 bits per heavy atom. The molecule has 0 spiro atoms. The number of benzene rings is 1.